The van der Waals surface area contributed by atoms with Crippen molar-refractivity contribution in [3.8, 4) is 5.75 Å². The molecule has 0 aliphatic carbocycles. The minimum Gasteiger partial charge on any atom is -0.467 e. The molecule has 0 saturated carbocycles. The lowest BCUT2D eigenvalue weighted by Crippen LogP contribution is -2.35. The lowest BCUT2D eigenvalue weighted by atomic mass is 9.98. The summed E-state index contributed by atoms with van der Waals surface area (Å²) in [5.74, 6) is 0.569. The zero-order valence-electron chi connectivity index (χ0n) is 15.0. The molecule has 3 aromatic rings. The van der Waals surface area contributed by atoms with Gasteiger partial charge in [-0.25, -0.2) is 0 Å². The van der Waals surface area contributed by atoms with Gasteiger partial charge in [-0.3, -0.25) is 10.1 Å². The highest BCUT2D eigenvalue weighted by molar-refractivity contribution is 5.78. The first kappa shape index (κ1) is 19.6. The van der Waals surface area contributed by atoms with E-state index in [0.717, 1.165) is 11.1 Å². The Balaban J connectivity index is 1.66. The summed E-state index contributed by atoms with van der Waals surface area (Å²) in [4.78, 5) is 12.2. The van der Waals surface area contributed by atoms with Crippen LogP contribution in [0.5, 0.6) is 5.75 Å². The normalized spacial score (nSPS) is 12.0. The maximum atomic E-state index is 12.3. The molecular weight excluding hydrogens is 366 g/mol. The minimum absolute atomic E-state index is 0.0789. The molecule has 1 unspecified atom stereocenters. The van der Waals surface area contributed by atoms with Crippen molar-refractivity contribution in [2.24, 2.45) is 0 Å². The molecule has 0 aliphatic rings. The van der Waals surface area contributed by atoms with Crippen molar-refractivity contribution in [1.82, 2.24) is 10.6 Å². The fraction of sp³-hybridized carbons (Fsp3) is 0.190. The van der Waals surface area contributed by atoms with Crippen LogP contribution in [0.1, 0.15) is 22.9 Å². The number of halogens is 2. The highest BCUT2D eigenvalue weighted by Crippen LogP contribution is 2.24. The van der Waals surface area contributed by atoms with Gasteiger partial charge in [0, 0.05) is 0 Å². The summed E-state index contributed by atoms with van der Waals surface area (Å²) in [5.41, 5.74) is 1.77. The smallest absolute Gasteiger partial charge is 0.387 e. The second-order valence-electron chi connectivity index (χ2n) is 6.03. The average Bonchev–Trinajstić information content (AvgIpc) is 3.22. The number of alkyl halides is 2. The third-order valence-electron chi connectivity index (χ3n) is 4.08. The number of benzene rings is 2. The van der Waals surface area contributed by atoms with Gasteiger partial charge < -0.3 is 14.5 Å². The van der Waals surface area contributed by atoms with Crippen LogP contribution >= 0.6 is 0 Å². The topological polar surface area (TPSA) is 63.5 Å². The maximum absolute atomic E-state index is 12.3. The zero-order chi connectivity index (χ0) is 19.8. The van der Waals surface area contributed by atoms with E-state index in [1.165, 1.54) is 12.1 Å². The lowest BCUT2D eigenvalue weighted by molar-refractivity contribution is -0.120. The number of furan rings is 1. The van der Waals surface area contributed by atoms with E-state index in [0.29, 0.717) is 12.3 Å². The molecule has 28 heavy (non-hydrogen) atoms. The standard InChI is InChI=1S/C21H20F2N2O3/c22-21(23)28-17-10-8-16(9-11-17)20(15-5-2-1-3-6-15)25-14-19(26)24-13-18-7-4-12-27-18/h1-12,20-21,25H,13-14H2,(H,24,26). The van der Waals surface area contributed by atoms with Crippen LogP contribution in [0, 0.1) is 0 Å². The molecule has 0 spiro atoms. The van der Waals surface area contributed by atoms with E-state index in [1.807, 2.05) is 30.3 Å². The second-order valence-corrected chi connectivity index (χ2v) is 6.03. The molecule has 146 valence electrons. The molecule has 7 heteroatoms. The van der Waals surface area contributed by atoms with E-state index in [-0.39, 0.29) is 24.2 Å². The quantitative estimate of drug-likeness (QED) is 0.586. The van der Waals surface area contributed by atoms with Crippen molar-refractivity contribution in [3.63, 3.8) is 0 Å². The van der Waals surface area contributed by atoms with Crippen LogP contribution in [0.4, 0.5) is 8.78 Å². The molecule has 1 heterocycles. The molecule has 2 aromatic carbocycles. The van der Waals surface area contributed by atoms with Crippen LogP contribution < -0.4 is 15.4 Å². The maximum Gasteiger partial charge on any atom is 0.387 e. The first-order valence-corrected chi connectivity index (χ1v) is 8.74. The van der Waals surface area contributed by atoms with E-state index in [2.05, 4.69) is 15.4 Å². The van der Waals surface area contributed by atoms with Crippen molar-refractivity contribution in [1.29, 1.82) is 0 Å². The van der Waals surface area contributed by atoms with Gasteiger partial charge in [-0.1, -0.05) is 42.5 Å². The third kappa shape index (κ3) is 5.65. The summed E-state index contributed by atoms with van der Waals surface area (Å²) in [6.45, 7) is -2.48. The van der Waals surface area contributed by atoms with Crippen LogP contribution in [0.2, 0.25) is 0 Å². The number of nitrogens with one attached hydrogen (secondary N) is 2. The van der Waals surface area contributed by atoms with Crippen LogP contribution in [-0.4, -0.2) is 19.1 Å². The predicted octanol–water partition coefficient (Wildman–Crippen LogP) is 3.88. The van der Waals surface area contributed by atoms with Crippen LogP contribution in [0.25, 0.3) is 0 Å². The van der Waals surface area contributed by atoms with E-state index >= 15 is 0 Å². The summed E-state index contributed by atoms with van der Waals surface area (Å²) in [5, 5.41) is 5.99. The van der Waals surface area contributed by atoms with Crippen LogP contribution in [0.15, 0.2) is 77.4 Å². The van der Waals surface area contributed by atoms with Gasteiger partial charge in [0.1, 0.15) is 11.5 Å². The van der Waals surface area contributed by atoms with Crippen molar-refractivity contribution in [2.45, 2.75) is 19.2 Å². The zero-order valence-corrected chi connectivity index (χ0v) is 15.0. The number of carbonyl (C=O) groups excluding carboxylic acids is 1. The number of ether oxygens (including phenoxy) is 1. The van der Waals surface area contributed by atoms with Gasteiger partial charge in [-0.2, -0.15) is 8.78 Å². The molecule has 1 atom stereocenters. The van der Waals surface area contributed by atoms with E-state index < -0.39 is 6.61 Å². The Morgan fingerprint density at radius 3 is 2.32 bits per heavy atom. The van der Waals surface area contributed by atoms with Crippen molar-refractivity contribution in [2.75, 3.05) is 6.54 Å². The minimum atomic E-state index is -2.87. The monoisotopic (exact) mass is 386 g/mol. The van der Waals surface area contributed by atoms with E-state index in [9.17, 15) is 13.6 Å². The molecule has 0 aliphatic heterocycles. The molecule has 5 nitrogen and oxygen atoms in total. The Morgan fingerprint density at radius 2 is 1.68 bits per heavy atom. The number of hydrogen-bond donors (Lipinski definition) is 2. The van der Waals surface area contributed by atoms with Crippen molar-refractivity contribution in [3.05, 3.63) is 89.9 Å². The van der Waals surface area contributed by atoms with Gasteiger partial charge in [0.2, 0.25) is 5.91 Å². The Labute approximate surface area is 161 Å². The summed E-state index contributed by atoms with van der Waals surface area (Å²) in [7, 11) is 0. The van der Waals surface area contributed by atoms with Gasteiger partial charge in [0.05, 0.1) is 25.4 Å². The van der Waals surface area contributed by atoms with Gasteiger partial charge in [-0.15, -0.1) is 0 Å². The highest BCUT2D eigenvalue weighted by Gasteiger charge is 2.16. The van der Waals surface area contributed by atoms with Gasteiger partial charge in [0.15, 0.2) is 0 Å². The summed E-state index contributed by atoms with van der Waals surface area (Å²) >= 11 is 0. The summed E-state index contributed by atoms with van der Waals surface area (Å²) < 4.78 is 34.3. The largest absolute Gasteiger partial charge is 0.467 e. The number of hydrogen-bond acceptors (Lipinski definition) is 4. The molecular formula is C21H20F2N2O3. The van der Waals surface area contributed by atoms with E-state index in [4.69, 9.17) is 4.42 Å². The molecule has 0 bridgehead atoms. The SMILES string of the molecule is O=C(CNC(c1ccccc1)c1ccc(OC(F)F)cc1)NCc1ccco1. The number of rotatable bonds is 9. The fourth-order valence-electron chi connectivity index (χ4n) is 2.77. The first-order valence-electron chi connectivity index (χ1n) is 8.74. The summed E-state index contributed by atoms with van der Waals surface area (Å²) in [6, 6.07) is 19.2. The second kappa shape index (κ2) is 9.66. The Morgan fingerprint density at radius 1 is 0.964 bits per heavy atom. The molecule has 0 saturated heterocycles. The number of carbonyl (C=O) groups is 1. The molecule has 3 rings (SSSR count). The fourth-order valence-corrected chi connectivity index (χ4v) is 2.77. The molecule has 0 fully saturated rings. The van der Waals surface area contributed by atoms with Gasteiger partial charge in [-0.05, 0) is 35.4 Å². The average molecular weight is 386 g/mol. The van der Waals surface area contributed by atoms with Gasteiger partial charge in [0.25, 0.3) is 0 Å². The molecule has 2 N–H and O–H groups in total. The van der Waals surface area contributed by atoms with Crippen molar-refractivity contribution >= 4 is 5.91 Å². The Hall–Kier alpha value is -3.19. The van der Waals surface area contributed by atoms with Gasteiger partial charge >= 0.3 is 6.61 Å². The van der Waals surface area contributed by atoms with Crippen molar-refractivity contribution < 1.29 is 22.7 Å². The predicted molar refractivity (Wildman–Crippen MR) is 99.9 cm³/mol. The molecule has 1 aromatic heterocycles. The van der Waals surface area contributed by atoms with Crippen LogP contribution in [0.3, 0.4) is 0 Å². The Kier molecular flexibility index (Phi) is 6.75. The lowest BCUT2D eigenvalue weighted by Gasteiger charge is -2.20. The third-order valence-corrected chi connectivity index (χ3v) is 4.08. The Bertz CT molecular complexity index is 853. The van der Waals surface area contributed by atoms with Crippen LogP contribution in [-0.2, 0) is 11.3 Å². The molecule has 1 amide bonds. The highest BCUT2D eigenvalue weighted by atomic mass is 19.3. The molecule has 0 radical (unpaired) electrons. The number of amides is 1. The summed E-state index contributed by atoms with van der Waals surface area (Å²) in [6.07, 6.45) is 1.55. The van der Waals surface area contributed by atoms with E-state index in [1.54, 1.807) is 30.5 Å². The first-order chi connectivity index (χ1) is 13.6.